The van der Waals surface area contributed by atoms with Gasteiger partial charge in [-0.3, -0.25) is 19.5 Å². The van der Waals surface area contributed by atoms with E-state index < -0.39 is 6.10 Å². The Kier molecular flexibility index (Phi) is 7.23. The maximum atomic E-state index is 14.6. The third-order valence-electron chi connectivity index (χ3n) is 6.72. The van der Waals surface area contributed by atoms with E-state index in [-0.39, 0.29) is 30.0 Å². The van der Waals surface area contributed by atoms with Crippen LogP contribution in [0, 0.1) is 11.7 Å². The lowest BCUT2D eigenvalue weighted by molar-refractivity contribution is -0.129. The summed E-state index contributed by atoms with van der Waals surface area (Å²) in [5.41, 5.74) is 2.48. The molecule has 1 N–H and O–H groups in total. The van der Waals surface area contributed by atoms with E-state index in [1.54, 1.807) is 29.4 Å². The average molecular weight is 489 g/mol. The number of likely N-dealkylation sites (tertiary alicyclic amines) is 1. The van der Waals surface area contributed by atoms with Crippen LogP contribution in [0.25, 0.3) is 0 Å². The molecule has 3 aromatic rings. The van der Waals surface area contributed by atoms with E-state index in [0.29, 0.717) is 44.8 Å². The number of aromatic nitrogens is 1. The molecule has 5 rings (SSSR count). The van der Waals surface area contributed by atoms with Gasteiger partial charge >= 0.3 is 0 Å². The number of nitrogens with one attached hydrogen (secondary N) is 1. The smallest absolute Gasteiger partial charge is 0.225 e. The lowest BCUT2D eigenvalue weighted by Gasteiger charge is -2.24. The molecule has 0 aliphatic carbocycles. The molecule has 0 radical (unpaired) electrons. The summed E-state index contributed by atoms with van der Waals surface area (Å²) in [6.45, 7) is 3.00. The van der Waals surface area contributed by atoms with Crippen molar-refractivity contribution in [1.82, 2.24) is 20.1 Å². The van der Waals surface area contributed by atoms with E-state index in [9.17, 15) is 14.0 Å². The van der Waals surface area contributed by atoms with Gasteiger partial charge in [-0.05, 0) is 23.8 Å². The van der Waals surface area contributed by atoms with Crippen LogP contribution in [0.4, 0.5) is 4.39 Å². The lowest BCUT2D eigenvalue weighted by Crippen LogP contribution is -2.39. The zero-order valence-electron chi connectivity index (χ0n) is 20.0. The number of amides is 2. The Bertz CT molecular complexity index is 1220. The zero-order valence-corrected chi connectivity index (χ0v) is 20.0. The molecular weight excluding hydrogens is 459 g/mol. The molecule has 1 aromatic heterocycles. The van der Waals surface area contributed by atoms with Crippen molar-refractivity contribution >= 4 is 11.8 Å². The van der Waals surface area contributed by atoms with Gasteiger partial charge in [-0.15, -0.1) is 0 Å². The minimum absolute atomic E-state index is 0.0204. The first-order valence-electron chi connectivity index (χ1n) is 12.2. The summed E-state index contributed by atoms with van der Waals surface area (Å²) in [6, 6.07) is 18.2. The van der Waals surface area contributed by atoms with Gasteiger partial charge in [-0.25, -0.2) is 4.39 Å². The Morgan fingerprint density at radius 3 is 2.75 bits per heavy atom. The number of fused-ring (bicyclic) bond motifs is 1. The highest BCUT2D eigenvalue weighted by Gasteiger charge is 2.34. The Labute approximate surface area is 209 Å². The van der Waals surface area contributed by atoms with Gasteiger partial charge in [-0.2, -0.15) is 0 Å². The molecule has 3 heterocycles. The summed E-state index contributed by atoms with van der Waals surface area (Å²) in [6.07, 6.45) is 3.18. The Morgan fingerprint density at radius 1 is 1.08 bits per heavy atom. The highest BCUT2D eigenvalue weighted by molar-refractivity contribution is 5.89. The average Bonchev–Trinajstić information content (AvgIpc) is 3.14. The minimum atomic E-state index is -0.459. The van der Waals surface area contributed by atoms with Gasteiger partial charge < -0.3 is 15.0 Å². The van der Waals surface area contributed by atoms with Crippen LogP contribution in [0.2, 0.25) is 0 Å². The summed E-state index contributed by atoms with van der Waals surface area (Å²) in [5, 5.41) is 3.00. The molecule has 2 aromatic carbocycles. The molecule has 0 bridgehead atoms. The minimum Gasteiger partial charge on any atom is -0.484 e. The second-order valence-electron chi connectivity index (χ2n) is 9.30. The first kappa shape index (κ1) is 23.9. The van der Waals surface area contributed by atoms with Gasteiger partial charge in [0.1, 0.15) is 17.7 Å². The predicted molar refractivity (Wildman–Crippen MR) is 132 cm³/mol. The molecule has 2 unspecified atom stereocenters. The van der Waals surface area contributed by atoms with Crippen molar-refractivity contribution in [3.05, 3.63) is 95.6 Å². The van der Waals surface area contributed by atoms with Gasteiger partial charge in [0.25, 0.3) is 0 Å². The molecule has 7 nitrogen and oxygen atoms in total. The predicted octanol–water partition coefficient (Wildman–Crippen LogP) is 3.32. The fraction of sp³-hybridized carbons (Fsp3) is 0.321. The molecule has 2 aliphatic rings. The normalized spacial score (nSPS) is 19.9. The summed E-state index contributed by atoms with van der Waals surface area (Å²) in [7, 11) is 0. The van der Waals surface area contributed by atoms with Crippen LogP contribution in [0.1, 0.15) is 29.2 Å². The van der Waals surface area contributed by atoms with Crippen LogP contribution < -0.4 is 10.1 Å². The van der Waals surface area contributed by atoms with Crippen molar-refractivity contribution < 1.29 is 18.7 Å². The largest absolute Gasteiger partial charge is 0.484 e. The third-order valence-corrected chi connectivity index (χ3v) is 6.72. The molecule has 8 heteroatoms. The van der Waals surface area contributed by atoms with Crippen molar-refractivity contribution in [2.45, 2.75) is 25.6 Å². The number of para-hydroxylation sites is 1. The van der Waals surface area contributed by atoms with E-state index in [1.807, 2.05) is 42.5 Å². The van der Waals surface area contributed by atoms with Crippen molar-refractivity contribution in [3.63, 3.8) is 0 Å². The van der Waals surface area contributed by atoms with Gasteiger partial charge in [0, 0.05) is 69.2 Å². The molecule has 186 valence electrons. The zero-order chi connectivity index (χ0) is 24.9. The molecule has 2 atom stereocenters. The second-order valence-corrected chi connectivity index (χ2v) is 9.30. The van der Waals surface area contributed by atoms with Crippen LogP contribution in [-0.4, -0.2) is 52.8 Å². The van der Waals surface area contributed by atoms with Crippen LogP contribution >= 0.6 is 0 Å². The van der Waals surface area contributed by atoms with Gasteiger partial charge in [-0.1, -0.05) is 42.5 Å². The first-order chi connectivity index (χ1) is 17.6. The van der Waals surface area contributed by atoms with E-state index >= 15 is 0 Å². The van der Waals surface area contributed by atoms with Crippen LogP contribution in [0.5, 0.6) is 5.75 Å². The molecule has 1 fully saturated rings. The van der Waals surface area contributed by atoms with E-state index in [4.69, 9.17) is 4.74 Å². The van der Waals surface area contributed by atoms with Crippen molar-refractivity contribution in [2.24, 2.45) is 5.92 Å². The summed E-state index contributed by atoms with van der Waals surface area (Å²) >= 11 is 0. The number of hydrogen-bond donors (Lipinski definition) is 1. The van der Waals surface area contributed by atoms with Gasteiger partial charge in [0.2, 0.25) is 11.8 Å². The molecule has 2 amide bonds. The molecule has 0 spiro atoms. The summed E-state index contributed by atoms with van der Waals surface area (Å²) in [4.78, 5) is 33.2. The van der Waals surface area contributed by atoms with Gasteiger partial charge in [0.05, 0.1) is 5.92 Å². The number of benzene rings is 2. The topological polar surface area (TPSA) is 74.8 Å². The number of hydrogen-bond acceptors (Lipinski definition) is 5. The lowest BCUT2D eigenvalue weighted by atomic mass is 10.1. The molecule has 36 heavy (non-hydrogen) atoms. The highest BCUT2D eigenvalue weighted by atomic mass is 19.1. The number of ether oxygens (including phenoxy) is 1. The van der Waals surface area contributed by atoms with E-state index in [1.165, 1.54) is 6.07 Å². The monoisotopic (exact) mass is 488 g/mol. The number of carbonyl (C=O) groups is 2. The number of halogens is 1. The highest BCUT2D eigenvalue weighted by Crippen LogP contribution is 2.32. The maximum absolute atomic E-state index is 14.6. The quantitative estimate of drug-likeness (QED) is 0.552. The fourth-order valence-corrected chi connectivity index (χ4v) is 4.84. The Morgan fingerprint density at radius 2 is 1.92 bits per heavy atom. The fourth-order valence-electron chi connectivity index (χ4n) is 4.84. The summed E-state index contributed by atoms with van der Waals surface area (Å²) in [5.74, 6) is -0.0527. The van der Waals surface area contributed by atoms with Crippen LogP contribution in [0.15, 0.2) is 73.1 Å². The van der Waals surface area contributed by atoms with Crippen LogP contribution in [0.3, 0.4) is 0 Å². The Hall–Kier alpha value is -3.78. The molecule has 0 saturated carbocycles. The first-order valence-corrected chi connectivity index (χ1v) is 12.2. The van der Waals surface area contributed by atoms with Crippen molar-refractivity contribution in [1.29, 1.82) is 0 Å². The van der Waals surface area contributed by atoms with Crippen molar-refractivity contribution in [3.8, 4) is 5.75 Å². The van der Waals surface area contributed by atoms with Crippen LogP contribution in [-0.2, 0) is 22.7 Å². The number of pyridine rings is 1. The van der Waals surface area contributed by atoms with Crippen molar-refractivity contribution in [2.75, 3.05) is 26.2 Å². The molecular formula is C28H29FN4O3. The molecule has 2 aliphatic heterocycles. The number of carbonyl (C=O) groups excluding carboxylic acids is 2. The second kappa shape index (κ2) is 10.9. The van der Waals surface area contributed by atoms with Gasteiger partial charge in [0.15, 0.2) is 0 Å². The van der Waals surface area contributed by atoms with E-state index in [0.717, 1.165) is 16.9 Å². The van der Waals surface area contributed by atoms with E-state index in [2.05, 4.69) is 15.2 Å². The Balaban J connectivity index is 1.18. The molecule has 1 saturated heterocycles. The summed E-state index contributed by atoms with van der Waals surface area (Å²) < 4.78 is 20.8. The maximum Gasteiger partial charge on any atom is 0.225 e. The third kappa shape index (κ3) is 5.54. The standard InChI is InChI=1S/C28H29FN4O3/c29-24-9-3-2-8-23(24)26-19-32(17-21-7-1-4-10-25(21)36-26)13-12-31-28(35)22-14-27(34)33(18-22)16-20-6-5-11-30-15-20/h1-11,15,22,26H,12-14,16-19H2,(H,31,35). The number of rotatable bonds is 7. The number of nitrogens with zero attached hydrogens (tertiary/aromatic N) is 3. The SMILES string of the molecule is O=C(NCCN1Cc2ccccc2OC(c2ccccc2F)C1)C1CC(=O)N(Cc2cccnc2)C1.